The number of nitrogens with one attached hydrogen (secondary N) is 1. The van der Waals surface area contributed by atoms with Crippen LogP contribution in [0.1, 0.15) is 46.6 Å². The number of hydrogen-bond donors (Lipinski definition) is 3. The first-order valence-electron chi connectivity index (χ1n) is 9.88. The Balaban J connectivity index is 2.21. The van der Waals surface area contributed by atoms with Crippen LogP contribution in [0.3, 0.4) is 0 Å². The van der Waals surface area contributed by atoms with E-state index in [9.17, 15) is 15.0 Å². The van der Waals surface area contributed by atoms with Crippen LogP contribution in [-0.4, -0.2) is 40.2 Å². The zero-order valence-electron chi connectivity index (χ0n) is 17.5. The molecule has 0 heterocycles. The predicted octanol–water partition coefficient (Wildman–Crippen LogP) is 4.04. The van der Waals surface area contributed by atoms with E-state index in [4.69, 9.17) is 4.74 Å². The van der Waals surface area contributed by atoms with Crippen molar-refractivity contribution in [2.24, 2.45) is 5.92 Å². The highest BCUT2D eigenvalue weighted by Gasteiger charge is 2.30. The van der Waals surface area contributed by atoms with E-state index in [0.717, 1.165) is 16.3 Å². The Kier molecular flexibility index (Phi) is 7.44. The fourth-order valence-corrected chi connectivity index (χ4v) is 3.23. The Labute approximate surface area is 167 Å². The molecule has 28 heavy (non-hydrogen) atoms. The third-order valence-corrected chi connectivity index (χ3v) is 4.49. The molecule has 0 spiro atoms. The van der Waals surface area contributed by atoms with Gasteiger partial charge in [-0.15, -0.1) is 0 Å². The van der Waals surface area contributed by atoms with Crippen molar-refractivity contribution in [2.45, 2.75) is 71.3 Å². The van der Waals surface area contributed by atoms with Crippen molar-refractivity contribution in [3.05, 3.63) is 48.0 Å². The van der Waals surface area contributed by atoms with Crippen molar-refractivity contribution in [2.75, 3.05) is 0 Å². The second kappa shape index (κ2) is 9.39. The minimum absolute atomic E-state index is 0.229. The maximum atomic E-state index is 12.3. The van der Waals surface area contributed by atoms with Crippen LogP contribution in [-0.2, 0) is 11.2 Å². The molecule has 2 aromatic carbocycles. The van der Waals surface area contributed by atoms with Gasteiger partial charge in [0.25, 0.3) is 0 Å². The van der Waals surface area contributed by atoms with Gasteiger partial charge in [-0.25, -0.2) is 4.79 Å². The van der Waals surface area contributed by atoms with Gasteiger partial charge in [0, 0.05) is 0 Å². The van der Waals surface area contributed by atoms with Gasteiger partial charge in [-0.2, -0.15) is 0 Å². The van der Waals surface area contributed by atoms with E-state index in [2.05, 4.69) is 5.32 Å². The second-order valence-corrected chi connectivity index (χ2v) is 8.83. The van der Waals surface area contributed by atoms with Crippen LogP contribution < -0.4 is 5.32 Å². The van der Waals surface area contributed by atoms with Gasteiger partial charge >= 0.3 is 6.09 Å². The number of aliphatic hydroxyl groups is 2. The van der Waals surface area contributed by atoms with Crippen LogP contribution >= 0.6 is 0 Å². The summed E-state index contributed by atoms with van der Waals surface area (Å²) in [6, 6.07) is 13.4. The van der Waals surface area contributed by atoms with E-state index in [-0.39, 0.29) is 5.92 Å². The lowest BCUT2D eigenvalue weighted by atomic mass is 9.92. The Morgan fingerprint density at radius 1 is 1.07 bits per heavy atom. The largest absolute Gasteiger partial charge is 0.444 e. The quantitative estimate of drug-likeness (QED) is 0.670. The minimum Gasteiger partial charge on any atom is -0.444 e. The van der Waals surface area contributed by atoms with Crippen LogP contribution in [0.4, 0.5) is 4.79 Å². The van der Waals surface area contributed by atoms with E-state index >= 15 is 0 Å². The standard InChI is InChI=1S/C23H33NO4/c1-15(2)12-20(25)21(26)19(24-22(27)28-23(3,4)5)14-16-10-11-17-8-6-7-9-18(17)13-16/h6-11,13,15,19-21,25-26H,12,14H2,1-5H3,(H,24,27)/t19?,20?,21-/m0/s1. The topological polar surface area (TPSA) is 78.8 Å². The SMILES string of the molecule is CC(C)CC(O)[C@@H](O)C(Cc1ccc2ccccc2c1)NC(=O)OC(C)(C)C. The van der Waals surface area contributed by atoms with Crippen molar-refractivity contribution in [1.29, 1.82) is 0 Å². The Morgan fingerprint density at radius 2 is 1.71 bits per heavy atom. The maximum absolute atomic E-state index is 12.3. The van der Waals surface area contributed by atoms with Crippen molar-refractivity contribution in [1.82, 2.24) is 5.32 Å². The molecule has 0 aliphatic rings. The summed E-state index contributed by atoms with van der Waals surface area (Å²) >= 11 is 0. The van der Waals surface area contributed by atoms with Gasteiger partial charge in [0.1, 0.15) is 11.7 Å². The number of amides is 1. The van der Waals surface area contributed by atoms with E-state index in [1.807, 2.05) is 56.3 Å². The van der Waals surface area contributed by atoms with Gasteiger partial charge in [0.15, 0.2) is 0 Å². The first-order valence-corrected chi connectivity index (χ1v) is 9.88. The molecule has 154 valence electrons. The molecule has 0 saturated heterocycles. The molecule has 3 N–H and O–H groups in total. The number of benzene rings is 2. The average molecular weight is 388 g/mol. The smallest absolute Gasteiger partial charge is 0.407 e. The molecule has 0 fully saturated rings. The van der Waals surface area contributed by atoms with Crippen LogP contribution in [0, 0.1) is 5.92 Å². The number of aliphatic hydroxyl groups excluding tert-OH is 2. The molecule has 1 amide bonds. The zero-order chi connectivity index (χ0) is 20.9. The Hall–Kier alpha value is -2.11. The number of carbonyl (C=O) groups is 1. The highest BCUT2D eigenvalue weighted by molar-refractivity contribution is 5.83. The van der Waals surface area contributed by atoms with Crippen molar-refractivity contribution < 1.29 is 19.7 Å². The van der Waals surface area contributed by atoms with Gasteiger partial charge in [-0.1, -0.05) is 56.3 Å². The summed E-state index contributed by atoms with van der Waals surface area (Å²) in [7, 11) is 0. The van der Waals surface area contributed by atoms with E-state index in [1.165, 1.54) is 0 Å². The van der Waals surface area contributed by atoms with E-state index in [0.29, 0.717) is 12.8 Å². The zero-order valence-corrected chi connectivity index (χ0v) is 17.5. The highest BCUT2D eigenvalue weighted by atomic mass is 16.6. The van der Waals surface area contributed by atoms with Gasteiger partial charge in [0.2, 0.25) is 0 Å². The summed E-state index contributed by atoms with van der Waals surface area (Å²) in [4.78, 5) is 12.3. The molecule has 0 saturated carbocycles. The van der Waals surface area contributed by atoms with Gasteiger partial charge < -0.3 is 20.3 Å². The number of fused-ring (bicyclic) bond motifs is 1. The van der Waals surface area contributed by atoms with Crippen molar-refractivity contribution in [3.8, 4) is 0 Å². The molecule has 0 aromatic heterocycles. The van der Waals surface area contributed by atoms with Crippen LogP contribution in [0.15, 0.2) is 42.5 Å². The second-order valence-electron chi connectivity index (χ2n) is 8.83. The average Bonchev–Trinajstić information content (AvgIpc) is 2.58. The molecule has 5 heteroatoms. The summed E-state index contributed by atoms with van der Waals surface area (Å²) in [5.74, 6) is 0.229. The molecule has 0 bridgehead atoms. The Morgan fingerprint density at radius 3 is 2.32 bits per heavy atom. The molecule has 0 aliphatic carbocycles. The summed E-state index contributed by atoms with van der Waals surface area (Å²) in [5.41, 5.74) is 0.328. The molecule has 0 aliphatic heterocycles. The number of rotatable bonds is 7. The number of alkyl carbamates (subject to hydrolysis) is 1. The molecular weight excluding hydrogens is 354 g/mol. The molecule has 2 rings (SSSR count). The van der Waals surface area contributed by atoms with Crippen LogP contribution in [0.2, 0.25) is 0 Å². The van der Waals surface area contributed by atoms with E-state index < -0.39 is 29.9 Å². The van der Waals surface area contributed by atoms with Gasteiger partial charge in [-0.05, 0) is 55.9 Å². The fraction of sp³-hybridized carbons (Fsp3) is 0.522. The minimum atomic E-state index is -1.10. The molecule has 2 aromatic rings. The monoisotopic (exact) mass is 387 g/mol. The number of carbonyl (C=O) groups excluding carboxylic acids is 1. The summed E-state index contributed by atoms with van der Waals surface area (Å²) < 4.78 is 5.34. The van der Waals surface area contributed by atoms with Crippen molar-refractivity contribution in [3.63, 3.8) is 0 Å². The van der Waals surface area contributed by atoms with Crippen molar-refractivity contribution >= 4 is 16.9 Å². The predicted molar refractivity (Wildman–Crippen MR) is 112 cm³/mol. The number of hydrogen-bond acceptors (Lipinski definition) is 4. The maximum Gasteiger partial charge on any atom is 0.407 e. The first kappa shape index (κ1) is 22.2. The lowest BCUT2D eigenvalue weighted by Gasteiger charge is -2.30. The summed E-state index contributed by atoms with van der Waals surface area (Å²) in [6.07, 6.45) is -1.79. The van der Waals surface area contributed by atoms with E-state index in [1.54, 1.807) is 20.8 Å². The highest BCUT2D eigenvalue weighted by Crippen LogP contribution is 2.19. The van der Waals surface area contributed by atoms with Crippen LogP contribution in [0.25, 0.3) is 10.8 Å². The summed E-state index contributed by atoms with van der Waals surface area (Å²) in [5, 5.41) is 26.1. The first-order chi connectivity index (χ1) is 13.0. The Bertz CT molecular complexity index is 782. The van der Waals surface area contributed by atoms with Gasteiger partial charge in [-0.3, -0.25) is 0 Å². The molecule has 2 unspecified atom stereocenters. The third-order valence-electron chi connectivity index (χ3n) is 4.49. The van der Waals surface area contributed by atoms with Crippen LogP contribution in [0.5, 0.6) is 0 Å². The molecular formula is C23H33NO4. The summed E-state index contributed by atoms with van der Waals surface area (Å²) in [6.45, 7) is 9.32. The van der Waals surface area contributed by atoms with Gasteiger partial charge in [0.05, 0.1) is 12.1 Å². The lowest BCUT2D eigenvalue weighted by Crippen LogP contribution is -2.51. The molecule has 3 atom stereocenters. The number of ether oxygens (including phenoxy) is 1. The third kappa shape index (κ3) is 6.80. The fourth-order valence-electron chi connectivity index (χ4n) is 3.23. The molecule has 5 nitrogen and oxygen atoms in total. The lowest BCUT2D eigenvalue weighted by molar-refractivity contribution is -0.0177. The molecule has 0 radical (unpaired) electrons. The normalized spacial score (nSPS) is 15.3.